The summed E-state index contributed by atoms with van der Waals surface area (Å²) in [5, 5.41) is 0. The van der Waals surface area contributed by atoms with E-state index in [2.05, 4.69) is 26.8 Å². The summed E-state index contributed by atoms with van der Waals surface area (Å²) >= 11 is 0. The summed E-state index contributed by atoms with van der Waals surface area (Å²) in [4.78, 5) is 23.0. The second-order valence-electron chi connectivity index (χ2n) is 6.16. The van der Waals surface area contributed by atoms with Gasteiger partial charge >= 0.3 is 0 Å². The van der Waals surface area contributed by atoms with E-state index in [-0.39, 0.29) is 0 Å². The van der Waals surface area contributed by atoms with Crippen LogP contribution in [0.1, 0.15) is 0 Å². The molecule has 0 spiro atoms. The molecule has 1 saturated heterocycles. The maximum atomic E-state index is 4.78. The molecule has 1 aliphatic rings. The van der Waals surface area contributed by atoms with E-state index in [0.29, 0.717) is 5.82 Å². The lowest BCUT2D eigenvalue weighted by Gasteiger charge is -2.33. The molecule has 0 radical (unpaired) electrons. The molecule has 0 saturated carbocycles. The summed E-state index contributed by atoms with van der Waals surface area (Å²) in [7, 11) is 2.15. The minimum atomic E-state index is 0.637. The summed E-state index contributed by atoms with van der Waals surface area (Å²) < 4.78 is 0. The number of likely N-dealkylation sites (N-methyl/N-ethyl adjacent to an activating group) is 1. The minimum absolute atomic E-state index is 0.637. The van der Waals surface area contributed by atoms with Crippen molar-refractivity contribution in [1.29, 1.82) is 0 Å². The Morgan fingerprint density at radius 2 is 1.44 bits per heavy atom. The second-order valence-corrected chi connectivity index (χ2v) is 6.16. The SMILES string of the molecule is CN1CCN(c2cc(-c3ccccn3)nc(-c3ccccn3)n2)CC1. The van der Waals surface area contributed by atoms with Crippen molar-refractivity contribution in [2.24, 2.45) is 0 Å². The highest BCUT2D eigenvalue weighted by Gasteiger charge is 2.18. The lowest BCUT2D eigenvalue weighted by molar-refractivity contribution is 0.312. The first kappa shape index (κ1) is 15.7. The smallest absolute Gasteiger partial charge is 0.180 e. The first-order valence-corrected chi connectivity index (χ1v) is 8.45. The monoisotopic (exact) mass is 332 g/mol. The maximum Gasteiger partial charge on any atom is 0.180 e. The first-order valence-electron chi connectivity index (χ1n) is 8.45. The molecule has 6 nitrogen and oxygen atoms in total. The van der Waals surface area contributed by atoms with Gasteiger partial charge in [0.05, 0.1) is 11.4 Å². The van der Waals surface area contributed by atoms with Crippen molar-refractivity contribution in [2.45, 2.75) is 0 Å². The highest BCUT2D eigenvalue weighted by atomic mass is 15.3. The van der Waals surface area contributed by atoms with Crippen LogP contribution in [-0.2, 0) is 0 Å². The van der Waals surface area contributed by atoms with Gasteiger partial charge in [0.25, 0.3) is 0 Å². The average Bonchev–Trinajstić information content (AvgIpc) is 2.69. The van der Waals surface area contributed by atoms with Crippen LogP contribution in [0.3, 0.4) is 0 Å². The lowest BCUT2D eigenvalue weighted by Crippen LogP contribution is -2.44. The van der Waals surface area contributed by atoms with E-state index < -0.39 is 0 Å². The van der Waals surface area contributed by atoms with Crippen molar-refractivity contribution in [2.75, 3.05) is 38.1 Å². The third kappa shape index (κ3) is 3.49. The Hall–Kier alpha value is -2.86. The molecular weight excluding hydrogens is 312 g/mol. The Balaban J connectivity index is 1.78. The molecule has 126 valence electrons. The quantitative estimate of drug-likeness (QED) is 0.734. The van der Waals surface area contributed by atoms with Crippen LogP contribution in [0.15, 0.2) is 54.9 Å². The van der Waals surface area contributed by atoms with Gasteiger partial charge in [-0.25, -0.2) is 9.97 Å². The normalized spacial score (nSPS) is 15.3. The summed E-state index contributed by atoms with van der Waals surface area (Å²) in [6.07, 6.45) is 3.55. The zero-order valence-corrected chi connectivity index (χ0v) is 14.2. The van der Waals surface area contributed by atoms with E-state index in [0.717, 1.165) is 49.1 Å². The van der Waals surface area contributed by atoms with Gasteiger partial charge in [-0.2, -0.15) is 0 Å². The van der Waals surface area contributed by atoms with E-state index in [9.17, 15) is 0 Å². The molecule has 6 heteroatoms. The van der Waals surface area contributed by atoms with Crippen LogP contribution in [-0.4, -0.2) is 58.1 Å². The third-order valence-corrected chi connectivity index (χ3v) is 4.36. The van der Waals surface area contributed by atoms with Crippen molar-refractivity contribution >= 4 is 5.82 Å². The Bertz CT molecular complexity index is 771. The Morgan fingerprint density at radius 1 is 0.760 bits per heavy atom. The van der Waals surface area contributed by atoms with Crippen LogP contribution >= 0.6 is 0 Å². The van der Waals surface area contributed by atoms with Crippen LogP contribution in [0.5, 0.6) is 0 Å². The van der Waals surface area contributed by atoms with Crippen LogP contribution < -0.4 is 4.90 Å². The summed E-state index contributed by atoms with van der Waals surface area (Å²) in [5.74, 6) is 1.57. The Labute approximate surface area is 147 Å². The van der Waals surface area contributed by atoms with Gasteiger partial charge < -0.3 is 9.80 Å². The highest BCUT2D eigenvalue weighted by molar-refractivity contribution is 5.64. The summed E-state index contributed by atoms with van der Waals surface area (Å²) in [6, 6.07) is 13.7. The zero-order valence-electron chi connectivity index (χ0n) is 14.2. The van der Waals surface area contributed by atoms with Gasteiger partial charge in [-0.3, -0.25) is 9.97 Å². The molecule has 4 rings (SSSR count). The number of hydrogen-bond donors (Lipinski definition) is 0. The summed E-state index contributed by atoms with van der Waals surface area (Å²) in [6.45, 7) is 3.97. The fourth-order valence-electron chi connectivity index (χ4n) is 2.89. The van der Waals surface area contributed by atoms with Crippen LogP contribution in [0, 0.1) is 0 Å². The van der Waals surface area contributed by atoms with Crippen molar-refractivity contribution in [3.63, 3.8) is 0 Å². The third-order valence-electron chi connectivity index (χ3n) is 4.36. The fraction of sp³-hybridized carbons (Fsp3) is 0.263. The Morgan fingerprint density at radius 3 is 2.08 bits per heavy atom. The topological polar surface area (TPSA) is 58.0 Å². The molecule has 0 aromatic carbocycles. The largest absolute Gasteiger partial charge is 0.354 e. The number of anilines is 1. The van der Waals surface area contributed by atoms with Crippen LogP contribution in [0.2, 0.25) is 0 Å². The van der Waals surface area contributed by atoms with Gasteiger partial charge in [0.15, 0.2) is 5.82 Å². The molecule has 25 heavy (non-hydrogen) atoms. The molecule has 3 aromatic rings. The molecule has 0 atom stereocenters. The van der Waals surface area contributed by atoms with Crippen LogP contribution in [0.4, 0.5) is 5.82 Å². The van der Waals surface area contributed by atoms with E-state index in [4.69, 9.17) is 9.97 Å². The van der Waals surface area contributed by atoms with E-state index >= 15 is 0 Å². The highest BCUT2D eigenvalue weighted by Crippen LogP contribution is 2.24. The molecule has 4 heterocycles. The molecule has 0 N–H and O–H groups in total. The molecule has 0 amide bonds. The maximum absolute atomic E-state index is 4.78. The number of nitrogens with zero attached hydrogens (tertiary/aromatic N) is 6. The fourth-order valence-corrected chi connectivity index (χ4v) is 2.89. The van der Waals surface area contributed by atoms with Gasteiger partial charge in [0.1, 0.15) is 11.5 Å². The summed E-state index contributed by atoms with van der Waals surface area (Å²) in [5.41, 5.74) is 2.44. The van der Waals surface area contributed by atoms with Crippen molar-refractivity contribution in [1.82, 2.24) is 24.8 Å². The number of hydrogen-bond acceptors (Lipinski definition) is 6. The van der Waals surface area contributed by atoms with E-state index in [1.807, 2.05) is 42.5 Å². The van der Waals surface area contributed by atoms with Crippen LogP contribution in [0.25, 0.3) is 22.9 Å². The van der Waals surface area contributed by atoms with E-state index in [1.165, 1.54) is 0 Å². The van der Waals surface area contributed by atoms with E-state index in [1.54, 1.807) is 12.4 Å². The van der Waals surface area contributed by atoms with Gasteiger partial charge in [0.2, 0.25) is 0 Å². The van der Waals surface area contributed by atoms with Gasteiger partial charge in [0, 0.05) is 44.6 Å². The van der Waals surface area contributed by atoms with Gasteiger partial charge in [-0.05, 0) is 31.3 Å². The molecule has 1 fully saturated rings. The predicted molar refractivity (Wildman–Crippen MR) is 98.2 cm³/mol. The second kappa shape index (κ2) is 6.94. The average molecular weight is 332 g/mol. The molecule has 0 unspecified atom stereocenters. The molecule has 0 bridgehead atoms. The predicted octanol–water partition coefficient (Wildman–Crippen LogP) is 2.35. The number of piperazine rings is 1. The van der Waals surface area contributed by atoms with Gasteiger partial charge in [-0.1, -0.05) is 12.1 Å². The molecule has 3 aromatic heterocycles. The van der Waals surface area contributed by atoms with Crippen molar-refractivity contribution in [3.05, 3.63) is 54.9 Å². The van der Waals surface area contributed by atoms with Crippen molar-refractivity contribution in [3.8, 4) is 22.9 Å². The molecule has 1 aliphatic heterocycles. The molecular formula is C19H20N6. The van der Waals surface area contributed by atoms with Gasteiger partial charge in [-0.15, -0.1) is 0 Å². The molecule has 0 aliphatic carbocycles. The lowest BCUT2D eigenvalue weighted by atomic mass is 10.2. The minimum Gasteiger partial charge on any atom is -0.354 e. The first-order chi connectivity index (χ1) is 12.3. The van der Waals surface area contributed by atoms with Crippen molar-refractivity contribution < 1.29 is 0 Å². The Kier molecular flexibility index (Phi) is 4.35. The number of rotatable bonds is 3. The number of pyridine rings is 2. The zero-order chi connectivity index (χ0) is 17.1. The number of aromatic nitrogens is 4. The standard InChI is InChI=1S/C19H20N6/c1-24-10-12-25(13-11-24)18-14-17(15-6-2-4-8-20-15)22-19(23-18)16-7-3-5-9-21-16/h2-9,14H,10-13H2,1H3.